The maximum atomic E-state index is 14.3. The zero-order chi connectivity index (χ0) is 19.4. The molecule has 3 rings (SSSR count). The second-order valence-electron chi connectivity index (χ2n) is 6.10. The summed E-state index contributed by atoms with van der Waals surface area (Å²) in [6, 6.07) is 8.83. The summed E-state index contributed by atoms with van der Waals surface area (Å²) >= 11 is 1.61. The number of halogens is 1. The summed E-state index contributed by atoms with van der Waals surface area (Å²) in [5.74, 6) is -1.03. The third-order valence-corrected chi connectivity index (χ3v) is 5.41. The maximum absolute atomic E-state index is 14.3. The Balaban J connectivity index is 1.97. The Hall–Kier alpha value is -2.67. The number of benzene rings is 1. The van der Waals surface area contributed by atoms with E-state index in [2.05, 4.69) is 5.32 Å². The van der Waals surface area contributed by atoms with Crippen molar-refractivity contribution < 1.29 is 18.7 Å². The van der Waals surface area contributed by atoms with E-state index < -0.39 is 17.8 Å². The molecule has 1 aliphatic heterocycles. The molecule has 7 heteroatoms. The molecule has 0 saturated carbocycles. The van der Waals surface area contributed by atoms with Crippen LogP contribution in [0.3, 0.4) is 0 Å². The van der Waals surface area contributed by atoms with E-state index in [-0.39, 0.29) is 23.8 Å². The first-order valence-corrected chi connectivity index (χ1v) is 9.63. The number of hydrogen-bond acceptors (Lipinski definition) is 4. The Kier molecular flexibility index (Phi) is 5.91. The number of ether oxygens (including phenoxy) is 1. The van der Waals surface area contributed by atoms with Crippen molar-refractivity contribution in [2.75, 3.05) is 13.2 Å². The van der Waals surface area contributed by atoms with E-state index in [1.165, 1.54) is 11.0 Å². The van der Waals surface area contributed by atoms with Gasteiger partial charge in [-0.05, 0) is 37.8 Å². The molecule has 0 spiro atoms. The lowest BCUT2D eigenvalue weighted by Crippen LogP contribution is -2.48. The van der Waals surface area contributed by atoms with Crippen LogP contribution in [0.4, 0.5) is 9.18 Å². The third kappa shape index (κ3) is 4.03. The number of rotatable bonds is 6. The van der Waals surface area contributed by atoms with Gasteiger partial charge in [-0.3, -0.25) is 4.90 Å². The van der Waals surface area contributed by atoms with Crippen LogP contribution in [0.5, 0.6) is 0 Å². The van der Waals surface area contributed by atoms with Gasteiger partial charge in [-0.15, -0.1) is 11.3 Å². The minimum atomic E-state index is -0.879. The smallest absolute Gasteiger partial charge is 0.338 e. The van der Waals surface area contributed by atoms with Crippen molar-refractivity contribution in [3.05, 3.63) is 69.3 Å². The molecule has 1 N–H and O–H groups in total. The molecule has 0 radical (unpaired) electrons. The van der Waals surface area contributed by atoms with E-state index in [0.717, 1.165) is 4.88 Å². The normalized spacial score (nSPS) is 17.1. The molecule has 1 aromatic carbocycles. The number of esters is 1. The van der Waals surface area contributed by atoms with Gasteiger partial charge in [0.15, 0.2) is 0 Å². The van der Waals surface area contributed by atoms with Crippen LogP contribution >= 0.6 is 11.3 Å². The molecule has 1 atom stereocenters. The highest BCUT2D eigenvalue weighted by Gasteiger charge is 2.37. The number of nitrogens with one attached hydrogen (secondary N) is 1. The summed E-state index contributed by atoms with van der Waals surface area (Å²) < 4.78 is 19.5. The lowest BCUT2D eigenvalue weighted by molar-refractivity contribution is -0.139. The molecule has 0 aliphatic carbocycles. The maximum Gasteiger partial charge on any atom is 0.338 e. The fourth-order valence-corrected chi connectivity index (χ4v) is 3.84. The summed E-state index contributed by atoms with van der Waals surface area (Å²) in [6.07, 6.45) is 0.670. The van der Waals surface area contributed by atoms with Gasteiger partial charge in [0.05, 0.1) is 18.2 Å². The van der Waals surface area contributed by atoms with Crippen molar-refractivity contribution in [2.24, 2.45) is 0 Å². The number of hydrogen-bond donors (Lipinski definition) is 1. The average Bonchev–Trinajstić information content (AvgIpc) is 3.15. The SMILES string of the molecule is CCOC(=O)C1=C(C)N(CCc2cccs2)C(=O)NC1c1ccccc1F. The van der Waals surface area contributed by atoms with Gasteiger partial charge in [0.2, 0.25) is 0 Å². The van der Waals surface area contributed by atoms with E-state index in [9.17, 15) is 14.0 Å². The molecule has 1 unspecified atom stereocenters. The number of allylic oxidation sites excluding steroid dienone is 1. The second kappa shape index (κ2) is 8.35. The third-order valence-electron chi connectivity index (χ3n) is 4.47. The van der Waals surface area contributed by atoms with Gasteiger partial charge in [-0.25, -0.2) is 14.0 Å². The standard InChI is InChI=1S/C20H21FN2O3S/c1-3-26-19(24)17-13(2)23(11-10-14-7-6-12-27-14)20(25)22-18(17)15-8-4-5-9-16(15)21/h4-9,12,18H,3,10-11H2,1-2H3,(H,22,25). The second-order valence-corrected chi connectivity index (χ2v) is 7.14. The molecule has 0 fully saturated rings. The molecule has 1 aromatic heterocycles. The first-order chi connectivity index (χ1) is 13.0. The molecule has 1 aliphatic rings. The Morgan fingerprint density at radius 1 is 1.30 bits per heavy atom. The van der Waals surface area contributed by atoms with E-state index in [0.29, 0.717) is 18.7 Å². The Bertz CT molecular complexity index is 864. The van der Waals surface area contributed by atoms with Gasteiger partial charge in [0, 0.05) is 22.7 Å². The van der Waals surface area contributed by atoms with Crippen LogP contribution in [0.2, 0.25) is 0 Å². The van der Waals surface area contributed by atoms with E-state index in [1.54, 1.807) is 43.4 Å². The van der Waals surface area contributed by atoms with Crippen molar-refractivity contribution in [3.63, 3.8) is 0 Å². The van der Waals surface area contributed by atoms with Crippen LogP contribution in [0.15, 0.2) is 53.0 Å². The van der Waals surface area contributed by atoms with Crippen molar-refractivity contribution in [1.29, 1.82) is 0 Å². The van der Waals surface area contributed by atoms with E-state index in [4.69, 9.17) is 4.74 Å². The Morgan fingerprint density at radius 2 is 2.07 bits per heavy atom. The lowest BCUT2D eigenvalue weighted by atomic mass is 9.94. The lowest BCUT2D eigenvalue weighted by Gasteiger charge is -2.35. The van der Waals surface area contributed by atoms with Crippen molar-refractivity contribution >= 4 is 23.3 Å². The first kappa shape index (κ1) is 19.1. The quantitative estimate of drug-likeness (QED) is 0.760. The highest BCUT2D eigenvalue weighted by atomic mass is 32.1. The summed E-state index contributed by atoms with van der Waals surface area (Å²) in [6.45, 7) is 4.03. The Morgan fingerprint density at radius 3 is 2.74 bits per heavy atom. The average molecular weight is 388 g/mol. The molecule has 5 nitrogen and oxygen atoms in total. The van der Waals surface area contributed by atoms with Crippen molar-refractivity contribution in [3.8, 4) is 0 Å². The summed E-state index contributed by atoms with van der Waals surface area (Å²) in [5.41, 5.74) is 0.987. The molecule has 0 bridgehead atoms. The number of thiophene rings is 1. The topological polar surface area (TPSA) is 58.6 Å². The number of urea groups is 1. The minimum absolute atomic E-state index is 0.197. The number of carbonyl (C=O) groups is 2. The van der Waals surface area contributed by atoms with Crippen LogP contribution in [-0.2, 0) is 16.0 Å². The fourth-order valence-electron chi connectivity index (χ4n) is 3.14. The molecular formula is C20H21FN2O3S. The van der Waals surface area contributed by atoms with Crippen LogP contribution in [-0.4, -0.2) is 30.1 Å². The zero-order valence-corrected chi connectivity index (χ0v) is 16.0. The van der Waals surface area contributed by atoms with Crippen LogP contribution in [0, 0.1) is 5.82 Å². The largest absolute Gasteiger partial charge is 0.463 e. The van der Waals surface area contributed by atoms with Gasteiger partial charge >= 0.3 is 12.0 Å². The number of carbonyl (C=O) groups excluding carboxylic acids is 2. The molecular weight excluding hydrogens is 367 g/mol. The Labute approximate surface area is 161 Å². The molecule has 2 amide bonds. The highest BCUT2D eigenvalue weighted by Crippen LogP contribution is 2.32. The summed E-state index contributed by atoms with van der Waals surface area (Å²) in [5, 5.41) is 4.74. The van der Waals surface area contributed by atoms with Crippen LogP contribution in [0.25, 0.3) is 0 Å². The zero-order valence-electron chi connectivity index (χ0n) is 15.2. The van der Waals surface area contributed by atoms with E-state index >= 15 is 0 Å². The highest BCUT2D eigenvalue weighted by molar-refractivity contribution is 7.09. The first-order valence-electron chi connectivity index (χ1n) is 8.75. The van der Waals surface area contributed by atoms with Gasteiger partial charge < -0.3 is 10.1 Å². The van der Waals surface area contributed by atoms with Crippen molar-refractivity contribution in [2.45, 2.75) is 26.3 Å². The minimum Gasteiger partial charge on any atom is -0.463 e. The predicted octanol–water partition coefficient (Wildman–Crippen LogP) is 4.03. The van der Waals surface area contributed by atoms with Gasteiger partial charge in [-0.1, -0.05) is 24.3 Å². The van der Waals surface area contributed by atoms with Gasteiger partial charge in [0.1, 0.15) is 5.82 Å². The monoisotopic (exact) mass is 388 g/mol. The predicted molar refractivity (Wildman–Crippen MR) is 102 cm³/mol. The van der Waals surface area contributed by atoms with Crippen LogP contribution in [0.1, 0.15) is 30.3 Å². The number of nitrogens with zero attached hydrogens (tertiary/aromatic N) is 1. The summed E-state index contributed by atoms with van der Waals surface area (Å²) in [7, 11) is 0. The fraction of sp³-hybridized carbons (Fsp3) is 0.300. The molecule has 2 aromatic rings. The van der Waals surface area contributed by atoms with E-state index in [1.807, 2.05) is 17.5 Å². The molecule has 0 saturated heterocycles. The molecule has 2 heterocycles. The number of amides is 2. The van der Waals surface area contributed by atoms with Gasteiger partial charge in [-0.2, -0.15) is 0 Å². The van der Waals surface area contributed by atoms with Crippen LogP contribution < -0.4 is 5.32 Å². The summed E-state index contributed by atoms with van der Waals surface area (Å²) in [4.78, 5) is 28.0. The van der Waals surface area contributed by atoms with Gasteiger partial charge in [0.25, 0.3) is 0 Å². The molecule has 27 heavy (non-hydrogen) atoms. The van der Waals surface area contributed by atoms with Crippen molar-refractivity contribution in [1.82, 2.24) is 10.2 Å². The molecule has 142 valence electrons.